The molecule has 0 aliphatic heterocycles. The zero-order valence-electron chi connectivity index (χ0n) is 7.76. The first-order valence-corrected chi connectivity index (χ1v) is 4.84. The topological polar surface area (TPSA) is 39.6 Å². The van der Waals surface area contributed by atoms with Gasteiger partial charge in [0.1, 0.15) is 6.07 Å². The number of nitrogens with zero attached hydrogens (tertiary/aromatic N) is 1. The molecule has 2 rings (SSSR count). The number of nitrogens with one attached hydrogen (secondary N) is 1. The third-order valence-corrected chi connectivity index (χ3v) is 2.63. The van der Waals surface area contributed by atoms with Crippen molar-refractivity contribution >= 4 is 22.5 Å². The van der Waals surface area contributed by atoms with E-state index < -0.39 is 0 Å². The minimum atomic E-state index is 0.643. The molecule has 0 unspecified atom stereocenters. The fourth-order valence-corrected chi connectivity index (χ4v) is 1.74. The van der Waals surface area contributed by atoms with Crippen molar-refractivity contribution in [1.29, 1.82) is 5.26 Å². The summed E-state index contributed by atoms with van der Waals surface area (Å²) in [6, 6.07) is 7.64. The van der Waals surface area contributed by atoms with Crippen LogP contribution in [0.15, 0.2) is 18.2 Å². The highest BCUT2D eigenvalue weighted by Gasteiger charge is 2.07. The van der Waals surface area contributed by atoms with Crippen molar-refractivity contribution < 1.29 is 0 Å². The second-order valence-electron chi connectivity index (χ2n) is 3.14. The average molecular weight is 205 g/mol. The van der Waals surface area contributed by atoms with Crippen LogP contribution >= 0.6 is 11.6 Å². The van der Waals surface area contributed by atoms with Crippen LogP contribution in [0.3, 0.4) is 0 Å². The number of H-pyrrole nitrogens is 1. The summed E-state index contributed by atoms with van der Waals surface area (Å²) in [6.45, 7) is 2.06. The number of nitriles is 1. The lowest BCUT2D eigenvalue weighted by Gasteiger charge is -1.94. The Morgan fingerprint density at radius 1 is 1.50 bits per heavy atom. The minimum absolute atomic E-state index is 0.643. The van der Waals surface area contributed by atoms with E-state index >= 15 is 0 Å². The molecule has 70 valence electrons. The summed E-state index contributed by atoms with van der Waals surface area (Å²) in [4.78, 5) is 3.20. The molecule has 1 aromatic heterocycles. The Balaban J connectivity index is 2.83. The Morgan fingerprint density at radius 2 is 2.29 bits per heavy atom. The van der Waals surface area contributed by atoms with Gasteiger partial charge in [0.15, 0.2) is 0 Å². The Morgan fingerprint density at radius 3 is 2.93 bits per heavy atom. The molecule has 0 atom stereocenters. The molecule has 0 aliphatic carbocycles. The van der Waals surface area contributed by atoms with E-state index in [4.69, 9.17) is 16.9 Å². The lowest BCUT2D eigenvalue weighted by atomic mass is 10.1. The molecular weight excluding hydrogens is 196 g/mol. The summed E-state index contributed by atoms with van der Waals surface area (Å²) >= 11 is 6.03. The smallest absolute Gasteiger partial charge is 0.101 e. The lowest BCUT2D eigenvalue weighted by molar-refractivity contribution is 1.07. The van der Waals surface area contributed by atoms with E-state index in [1.165, 1.54) is 0 Å². The quantitative estimate of drug-likeness (QED) is 0.761. The van der Waals surface area contributed by atoms with Crippen molar-refractivity contribution in [3.8, 4) is 6.07 Å². The van der Waals surface area contributed by atoms with Crippen LogP contribution in [0.25, 0.3) is 10.9 Å². The molecule has 2 nitrogen and oxygen atoms in total. The number of halogens is 1. The summed E-state index contributed by atoms with van der Waals surface area (Å²) in [5.74, 6) is 0. The number of fused-ring (bicyclic) bond motifs is 1. The van der Waals surface area contributed by atoms with Crippen molar-refractivity contribution in [2.24, 2.45) is 0 Å². The minimum Gasteiger partial charge on any atom is -0.357 e. The van der Waals surface area contributed by atoms with E-state index in [1.807, 2.05) is 6.07 Å². The van der Waals surface area contributed by atoms with Crippen LogP contribution in [0.2, 0.25) is 5.02 Å². The number of benzene rings is 1. The fraction of sp³-hybridized carbons (Fsp3) is 0.182. The molecule has 0 saturated heterocycles. The Bertz CT molecular complexity index is 520. The lowest BCUT2D eigenvalue weighted by Crippen LogP contribution is -1.79. The zero-order valence-corrected chi connectivity index (χ0v) is 8.52. The van der Waals surface area contributed by atoms with Gasteiger partial charge in [0, 0.05) is 11.1 Å². The molecule has 0 spiro atoms. The molecule has 0 fully saturated rings. The molecule has 0 bridgehead atoms. The Kier molecular flexibility index (Phi) is 2.18. The molecule has 14 heavy (non-hydrogen) atoms. The fourth-order valence-electron chi connectivity index (χ4n) is 1.52. The molecule has 3 heteroatoms. The molecule has 1 aromatic carbocycles. The predicted octanol–water partition coefficient (Wildman–Crippen LogP) is 3.26. The van der Waals surface area contributed by atoms with Crippen LogP contribution in [-0.2, 0) is 6.42 Å². The highest BCUT2D eigenvalue weighted by molar-refractivity contribution is 6.35. The number of hydrogen-bond donors (Lipinski definition) is 1. The first-order chi connectivity index (χ1) is 6.76. The van der Waals surface area contributed by atoms with Gasteiger partial charge >= 0.3 is 0 Å². The average Bonchev–Trinajstić information content (AvgIpc) is 2.63. The zero-order chi connectivity index (χ0) is 10.1. The van der Waals surface area contributed by atoms with Crippen molar-refractivity contribution in [3.63, 3.8) is 0 Å². The highest BCUT2D eigenvalue weighted by Crippen LogP contribution is 2.26. The van der Waals surface area contributed by atoms with Gasteiger partial charge in [-0.3, -0.25) is 0 Å². The molecule has 0 saturated carbocycles. The van der Waals surface area contributed by atoms with Gasteiger partial charge in [0.25, 0.3) is 0 Å². The summed E-state index contributed by atoms with van der Waals surface area (Å²) in [6.07, 6.45) is 0.913. The van der Waals surface area contributed by atoms with Gasteiger partial charge in [-0.15, -0.1) is 0 Å². The van der Waals surface area contributed by atoms with Gasteiger partial charge in [0.05, 0.1) is 16.1 Å². The third kappa shape index (κ3) is 1.26. The van der Waals surface area contributed by atoms with Crippen molar-refractivity contribution in [1.82, 2.24) is 4.98 Å². The highest BCUT2D eigenvalue weighted by atomic mass is 35.5. The first-order valence-electron chi connectivity index (χ1n) is 4.46. The molecule has 1 heterocycles. The molecule has 1 N–H and O–H groups in total. The van der Waals surface area contributed by atoms with Gasteiger partial charge < -0.3 is 4.98 Å². The van der Waals surface area contributed by atoms with Gasteiger partial charge in [-0.2, -0.15) is 5.26 Å². The van der Waals surface area contributed by atoms with Crippen LogP contribution in [0.5, 0.6) is 0 Å². The summed E-state index contributed by atoms with van der Waals surface area (Å²) < 4.78 is 0. The number of aryl methyl sites for hydroxylation is 1. The Labute approximate surface area is 87.1 Å². The maximum absolute atomic E-state index is 8.90. The standard InChI is InChI=1S/C11H9ClN2/c1-2-8-5-9-10(12)4-3-7(6-13)11(9)14-8/h3-5,14H,2H2,1H3. The maximum atomic E-state index is 8.90. The number of hydrogen-bond acceptors (Lipinski definition) is 1. The second kappa shape index (κ2) is 3.36. The van der Waals surface area contributed by atoms with E-state index in [2.05, 4.69) is 18.0 Å². The van der Waals surface area contributed by atoms with E-state index in [0.29, 0.717) is 10.6 Å². The van der Waals surface area contributed by atoms with Gasteiger partial charge in [-0.05, 0) is 24.6 Å². The van der Waals surface area contributed by atoms with Gasteiger partial charge in [0.2, 0.25) is 0 Å². The van der Waals surface area contributed by atoms with Crippen LogP contribution < -0.4 is 0 Å². The molecule has 0 aliphatic rings. The van der Waals surface area contributed by atoms with Crippen LogP contribution in [-0.4, -0.2) is 4.98 Å². The molecule has 0 amide bonds. The monoisotopic (exact) mass is 204 g/mol. The van der Waals surface area contributed by atoms with E-state index in [1.54, 1.807) is 12.1 Å². The normalized spacial score (nSPS) is 10.4. The van der Waals surface area contributed by atoms with E-state index in [-0.39, 0.29) is 0 Å². The summed E-state index contributed by atoms with van der Waals surface area (Å²) in [5.41, 5.74) is 2.59. The van der Waals surface area contributed by atoms with Crippen LogP contribution in [0, 0.1) is 11.3 Å². The van der Waals surface area contributed by atoms with Gasteiger partial charge in [-0.25, -0.2) is 0 Å². The first kappa shape index (κ1) is 9.11. The molecule has 0 radical (unpaired) electrons. The van der Waals surface area contributed by atoms with Crippen LogP contribution in [0.1, 0.15) is 18.2 Å². The van der Waals surface area contributed by atoms with Crippen molar-refractivity contribution in [3.05, 3.63) is 34.5 Å². The number of aromatic amines is 1. The number of rotatable bonds is 1. The second-order valence-corrected chi connectivity index (χ2v) is 3.55. The summed E-state index contributed by atoms with van der Waals surface area (Å²) in [7, 11) is 0. The van der Waals surface area contributed by atoms with Crippen molar-refractivity contribution in [2.75, 3.05) is 0 Å². The number of aromatic nitrogens is 1. The summed E-state index contributed by atoms with van der Waals surface area (Å²) in [5, 5.41) is 10.5. The predicted molar refractivity (Wildman–Crippen MR) is 57.4 cm³/mol. The van der Waals surface area contributed by atoms with Gasteiger partial charge in [-0.1, -0.05) is 18.5 Å². The maximum Gasteiger partial charge on any atom is 0.101 e. The van der Waals surface area contributed by atoms with E-state index in [0.717, 1.165) is 23.0 Å². The Hall–Kier alpha value is -1.46. The molecular formula is C11H9ClN2. The van der Waals surface area contributed by atoms with Crippen molar-refractivity contribution in [2.45, 2.75) is 13.3 Å². The van der Waals surface area contributed by atoms with Crippen LogP contribution in [0.4, 0.5) is 0 Å². The van der Waals surface area contributed by atoms with E-state index in [9.17, 15) is 0 Å². The molecule has 2 aromatic rings. The largest absolute Gasteiger partial charge is 0.357 e. The SMILES string of the molecule is CCc1cc2c(Cl)ccc(C#N)c2[nH]1. The third-order valence-electron chi connectivity index (χ3n) is 2.30.